The van der Waals surface area contributed by atoms with E-state index in [0.717, 1.165) is 46.2 Å². The van der Waals surface area contributed by atoms with Gasteiger partial charge >= 0.3 is 0 Å². The van der Waals surface area contributed by atoms with Crippen molar-refractivity contribution in [1.82, 2.24) is 0 Å². The average Bonchev–Trinajstić information content (AvgIpc) is 3.59. The fourth-order valence-electron chi connectivity index (χ4n) is 8.44. The minimum Gasteiger partial charge on any atom is -0.452 e. The summed E-state index contributed by atoms with van der Waals surface area (Å²) >= 11 is 0. The summed E-state index contributed by atoms with van der Waals surface area (Å²) in [4.78, 5) is 5.14. The first-order valence-electron chi connectivity index (χ1n) is 17.2. The smallest absolute Gasteiger partial charge is 0.178 e. The van der Waals surface area contributed by atoms with E-state index >= 15 is 0 Å². The van der Waals surface area contributed by atoms with Crippen LogP contribution in [0.25, 0.3) is 65.4 Å². The monoisotopic (exact) mass is 594 g/mol. The van der Waals surface area contributed by atoms with Crippen LogP contribution in [0.5, 0.6) is 0 Å². The van der Waals surface area contributed by atoms with Gasteiger partial charge in [-0.25, -0.2) is 0 Å². The van der Waals surface area contributed by atoms with Crippen LogP contribution in [-0.4, -0.2) is 25.2 Å². The van der Waals surface area contributed by atoms with Gasteiger partial charge in [-0.3, -0.25) is 0 Å². The van der Waals surface area contributed by atoms with Gasteiger partial charge in [0.1, 0.15) is 11.2 Å². The fourth-order valence-corrected chi connectivity index (χ4v) is 8.44. The number of hydrogen-bond acceptors (Lipinski definition) is 4. The lowest BCUT2D eigenvalue weighted by Crippen LogP contribution is -2.37. The van der Waals surface area contributed by atoms with E-state index in [0.29, 0.717) is 18.0 Å². The van der Waals surface area contributed by atoms with E-state index in [2.05, 4.69) is 104 Å². The topological polar surface area (TPSA) is 32.8 Å². The van der Waals surface area contributed by atoms with Crippen molar-refractivity contribution in [2.45, 2.75) is 84.2 Å². The Morgan fingerprint density at radius 1 is 0.578 bits per heavy atom. The molecule has 4 nitrogen and oxygen atoms in total. The standard InChI is InChI=1S/C41H42N2O2/c1-24(2)33-23-35-34-19-27-11-13-31(42-15-7-5-9-25(42)3)17-29(27)21-37(34)44-40(35)41-39(33)36-20-28-12-14-32(18-30(28)22-38(36)45-41)43-16-8-6-10-26(43)4/h11-14,17-26H,5-10,15-16H2,1-4H3. The molecule has 0 N–H and O–H groups in total. The van der Waals surface area contributed by atoms with E-state index in [4.69, 9.17) is 8.83 Å². The second-order valence-electron chi connectivity index (χ2n) is 14.2. The number of fused-ring (bicyclic) bond motifs is 9. The highest BCUT2D eigenvalue weighted by Gasteiger charge is 2.24. The van der Waals surface area contributed by atoms with Gasteiger partial charge in [-0.05, 0) is 140 Å². The summed E-state index contributed by atoms with van der Waals surface area (Å²) in [6.45, 7) is 11.5. The zero-order valence-corrected chi connectivity index (χ0v) is 27.0. The molecule has 2 atom stereocenters. The Hall–Kier alpha value is -4.18. The van der Waals surface area contributed by atoms with Crippen molar-refractivity contribution in [3.05, 3.63) is 72.3 Å². The number of hydrogen-bond donors (Lipinski definition) is 0. The van der Waals surface area contributed by atoms with Crippen molar-refractivity contribution in [3.63, 3.8) is 0 Å². The first-order valence-corrected chi connectivity index (χ1v) is 17.2. The van der Waals surface area contributed by atoms with Crippen LogP contribution < -0.4 is 9.80 Å². The van der Waals surface area contributed by atoms with Gasteiger partial charge in [0.15, 0.2) is 11.2 Å². The van der Waals surface area contributed by atoms with Crippen LogP contribution in [0, 0.1) is 0 Å². The van der Waals surface area contributed by atoms with E-state index in [1.807, 2.05) is 0 Å². The molecule has 4 heteroatoms. The van der Waals surface area contributed by atoms with Crippen molar-refractivity contribution in [2.75, 3.05) is 22.9 Å². The molecule has 2 saturated heterocycles. The number of furan rings is 2. The second-order valence-corrected chi connectivity index (χ2v) is 14.2. The summed E-state index contributed by atoms with van der Waals surface area (Å²) in [7, 11) is 0. The summed E-state index contributed by atoms with van der Waals surface area (Å²) in [5.74, 6) is 0.343. The molecule has 0 spiro atoms. The molecule has 45 heavy (non-hydrogen) atoms. The van der Waals surface area contributed by atoms with Gasteiger partial charge < -0.3 is 18.6 Å². The third-order valence-corrected chi connectivity index (χ3v) is 11.0. The summed E-state index contributed by atoms with van der Waals surface area (Å²) in [6, 6.07) is 26.6. The predicted octanol–water partition coefficient (Wildman–Crippen LogP) is 11.7. The van der Waals surface area contributed by atoms with E-state index in [9.17, 15) is 0 Å². The maximum atomic E-state index is 6.79. The molecule has 2 aliphatic heterocycles. The lowest BCUT2D eigenvalue weighted by molar-refractivity contribution is 0.485. The zero-order valence-electron chi connectivity index (χ0n) is 27.0. The average molecular weight is 595 g/mol. The van der Waals surface area contributed by atoms with E-state index < -0.39 is 0 Å². The molecule has 0 aliphatic carbocycles. The van der Waals surface area contributed by atoms with Gasteiger partial charge in [-0.1, -0.05) is 26.0 Å². The molecule has 2 fully saturated rings. The van der Waals surface area contributed by atoms with Gasteiger partial charge in [0.05, 0.1) is 0 Å². The Labute approximate surface area is 264 Å². The van der Waals surface area contributed by atoms with Crippen LogP contribution >= 0.6 is 0 Å². The fraction of sp³-hybridized carbons (Fsp3) is 0.366. The highest BCUT2D eigenvalue weighted by atomic mass is 16.4. The van der Waals surface area contributed by atoms with Crippen LogP contribution in [0.15, 0.2) is 75.6 Å². The molecule has 0 bridgehead atoms. The van der Waals surface area contributed by atoms with Crippen LogP contribution in [0.2, 0.25) is 0 Å². The minimum absolute atomic E-state index is 0.343. The van der Waals surface area contributed by atoms with Gasteiger partial charge in [0.2, 0.25) is 0 Å². The molecule has 0 amide bonds. The van der Waals surface area contributed by atoms with Gasteiger partial charge in [0, 0.05) is 58.1 Å². The Bertz CT molecular complexity index is 2270. The van der Waals surface area contributed by atoms with Gasteiger partial charge in [-0.2, -0.15) is 0 Å². The number of anilines is 2. The molecular weight excluding hydrogens is 552 g/mol. The van der Waals surface area contributed by atoms with E-state index in [1.54, 1.807) is 0 Å². The third-order valence-electron chi connectivity index (χ3n) is 11.0. The van der Waals surface area contributed by atoms with Gasteiger partial charge in [-0.15, -0.1) is 0 Å². The Morgan fingerprint density at radius 3 is 1.71 bits per heavy atom. The molecule has 0 saturated carbocycles. The molecule has 7 aromatic rings. The number of rotatable bonds is 3. The molecule has 2 aliphatic rings. The highest BCUT2D eigenvalue weighted by molar-refractivity contribution is 6.22. The van der Waals surface area contributed by atoms with Gasteiger partial charge in [0.25, 0.3) is 0 Å². The zero-order chi connectivity index (χ0) is 30.4. The molecule has 228 valence electrons. The molecule has 9 rings (SSSR count). The number of nitrogens with zero attached hydrogens (tertiary/aromatic N) is 2. The lowest BCUT2D eigenvalue weighted by atomic mass is 9.94. The molecule has 2 aromatic heterocycles. The summed E-state index contributed by atoms with van der Waals surface area (Å²) in [6.07, 6.45) is 7.72. The van der Waals surface area contributed by atoms with E-state index in [-0.39, 0.29) is 0 Å². The summed E-state index contributed by atoms with van der Waals surface area (Å²) < 4.78 is 13.5. The first kappa shape index (κ1) is 27.2. The van der Waals surface area contributed by atoms with Crippen molar-refractivity contribution in [1.29, 1.82) is 0 Å². The van der Waals surface area contributed by atoms with Crippen LogP contribution in [-0.2, 0) is 0 Å². The Kier molecular flexibility index (Phi) is 6.14. The largest absolute Gasteiger partial charge is 0.452 e. The molecule has 5 aromatic carbocycles. The molecular formula is C41H42N2O2. The third kappa shape index (κ3) is 4.25. The van der Waals surface area contributed by atoms with Crippen molar-refractivity contribution < 1.29 is 8.83 Å². The number of benzene rings is 5. The molecule has 4 heterocycles. The first-order chi connectivity index (χ1) is 21.9. The van der Waals surface area contributed by atoms with Crippen LogP contribution in [0.3, 0.4) is 0 Å². The van der Waals surface area contributed by atoms with Crippen LogP contribution in [0.1, 0.15) is 77.7 Å². The van der Waals surface area contributed by atoms with Crippen molar-refractivity contribution in [2.24, 2.45) is 0 Å². The molecule has 2 unspecified atom stereocenters. The van der Waals surface area contributed by atoms with Crippen molar-refractivity contribution in [3.8, 4) is 0 Å². The summed E-state index contributed by atoms with van der Waals surface area (Å²) in [5, 5.41) is 9.62. The number of piperidine rings is 2. The maximum Gasteiger partial charge on any atom is 0.178 e. The lowest BCUT2D eigenvalue weighted by Gasteiger charge is -2.35. The van der Waals surface area contributed by atoms with Crippen molar-refractivity contribution >= 4 is 76.8 Å². The normalized spacial score (nSPS) is 19.8. The summed E-state index contributed by atoms with van der Waals surface area (Å²) in [5.41, 5.74) is 7.53. The molecule has 0 radical (unpaired) electrons. The SMILES string of the molecule is CC(C)c1cc2c3cc4ccc(N5CCCCC5C)cc4cc3oc2c2oc3cc4cc(N5CCCCC5C)ccc4cc3c12. The minimum atomic E-state index is 0.343. The highest BCUT2D eigenvalue weighted by Crippen LogP contribution is 2.45. The Balaban J connectivity index is 1.23. The predicted molar refractivity (Wildman–Crippen MR) is 191 cm³/mol. The maximum absolute atomic E-state index is 6.79. The Morgan fingerprint density at radius 2 is 1.13 bits per heavy atom. The van der Waals surface area contributed by atoms with Crippen LogP contribution in [0.4, 0.5) is 11.4 Å². The van der Waals surface area contributed by atoms with E-state index in [1.165, 1.54) is 87.8 Å². The quantitative estimate of drug-likeness (QED) is 0.204. The second kappa shape index (κ2) is 10.2.